The van der Waals surface area contributed by atoms with E-state index in [1.165, 1.54) is 0 Å². The number of thiophene rings is 1. The molecular weight excluding hydrogens is 200 g/mol. The summed E-state index contributed by atoms with van der Waals surface area (Å²) in [7, 11) is 0. The summed E-state index contributed by atoms with van der Waals surface area (Å²) in [4.78, 5) is 22.1. The zero-order valence-corrected chi connectivity index (χ0v) is 8.69. The molecule has 0 fully saturated rings. The molecule has 0 spiro atoms. The number of carbonyl (C=O) groups excluding carboxylic acids is 2. The molecule has 2 N–H and O–H groups in total. The lowest BCUT2D eigenvalue weighted by atomic mass is 10.3. The number of hydrogen-bond acceptors (Lipinski definition) is 3. The van der Waals surface area contributed by atoms with Crippen molar-refractivity contribution in [2.24, 2.45) is 0 Å². The Morgan fingerprint density at radius 2 is 2.07 bits per heavy atom. The number of carbonyl (C=O) groups is 2. The lowest BCUT2D eigenvalue weighted by molar-refractivity contribution is -0.139. The molecule has 0 unspecified atom stereocenters. The molecule has 0 bridgehead atoms. The quantitative estimate of drug-likeness (QED) is 0.717. The first kappa shape index (κ1) is 10.7. The van der Waals surface area contributed by atoms with Gasteiger partial charge in [0.25, 0.3) is 0 Å². The van der Waals surface area contributed by atoms with Crippen molar-refractivity contribution in [1.29, 1.82) is 0 Å². The van der Waals surface area contributed by atoms with Crippen molar-refractivity contribution in [1.82, 2.24) is 10.6 Å². The molecule has 0 aliphatic rings. The molecule has 14 heavy (non-hydrogen) atoms. The van der Waals surface area contributed by atoms with Crippen LogP contribution in [0.1, 0.15) is 12.5 Å². The van der Waals surface area contributed by atoms with Crippen molar-refractivity contribution < 1.29 is 9.59 Å². The zero-order valence-electron chi connectivity index (χ0n) is 7.87. The van der Waals surface area contributed by atoms with Crippen LogP contribution in [0.4, 0.5) is 0 Å². The van der Waals surface area contributed by atoms with E-state index in [0.29, 0.717) is 13.1 Å². The molecule has 1 rings (SSSR count). The molecule has 0 saturated heterocycles. The van der Waals surface area contributed by atoms with Crippen LogP contribution in [0.2, 0.25) is 0 Å². The molecule has 0 radical (unpaired) electrons. The van der Waals surface area contributed by atoms with E-state index >= 15 is 0 Å². The van der Waals surface area contributed by atoms with E-state index in [-0.39, 0.29) is 0 Å². The van der Waals surface area contributed by atoms with Crippen LogP contribution < -0.4 is 10.6 Å². The first-order valence-corrected chi connectivity index (χ1v) is 5.25. The maximum Gasteiger partial charge on any atom is 0.309 e. The van der Waals surface area contributed by atoms with Gasteiger partial charge in [0.1, 0.15) is 0 Å². The molecule has 76 valence electrons. The molecule has 2 amide bonds. The van der Waals surface area contributed by atoms with Gasteiger partial charge in [-0.1, -0.05) is 0 Å². The highest BCUT2D eigenvalue weighted by molar-refractivity contribution is 7.07. The Hall–Kier alpha value is -1.36. The molecular formula is C9H12N2O2S. The summed E-state index contributed by atoms with van der Waals surface area (Å²) in [6, 6.07) is 1.91. The standard InChI is InChI=1S/C9H12N2O2S/c1-2-10-8(12)9(13)11-5-7-3-4-14-6-7/h3-4,6H,2,5H2,1H3,(H,10,12)(H,11,13). The number of hydrogen-bond donors (Lipinski definition) is 2. The predicted octanol–water partition coefficient (Wildman–Crippen LogP) is 0.500. The van der Waals surface area contributed by atoms with Gasteiger partial charge in [0.15, 0.2) is 0 Å². The highest BCUT2D eigenvalue weighted by Gasteiger charge is 2.10. The second-order valence-corrected chi connectivity index (χ2v) is 3.45. The van der Waals surface area contributed by atoms with Gasteiger partial charge in [0, 0.05) is 13.1 Å². The summed E-state index contributed by atoms with van der Waals surface area (Å²) in [5.41, 5.74) is 1.01. The summed E-state index contributed by atoms with van der Waals surface area (Å²) in [5.74, 6) is -1.17. The minimum absolute atomic E-state index is 0.402. The lowest BCUT2D eigenvalue weighted by Crippen LogP contribution is -2.39. The van der Waals surface area contributed by atoms with Crippen molar-refractivity contribution in [3.63, 3.8) is 0 Å². The van der Waals surface area contributed by atoms with Gasteiger partial charge in [0.2, 0.25) is 0 Å². The van der Waals surface area contributed by atoms with E-state index in [4.69, 9.17) is 0 Å². The average molecular weight is 212 g/mol. The van der Waals surface area contributed by atoms with Crippen LogP contribution in [-0.2, 0) is 16.1 Å². The van der Waals surface area contributed by atoms with Crippen molar-refractivity contribution in [2.75, 3.05) is 6.54 Å². The molecule has 0 aliphatic heterocycles. The van der Waals surface area contributed by atoms with Gasteiger partial charge in [0.05, 0.1) is 0 Å². The summed E-state index contributed by atoms with van der Waals surface area (Å²) in [6.45, 7) is 2.63. The fourth-order valence-corrected chi connectivity index (χ4v) is 1.57. The monoisotopic (exact) mass is 212 g/mol. The zero-order chi connectivity index (χ0) is 10.4. The molecule has 5 heteroatoms. The molecule has 0 atom stereocenters. The normalized spacial score (nSPS) is 9.50. The highest BCUT2D eigenvalue weighted by atomic mass is 32.1. The topological polar surface area (TPSA) is 58.2 Å². The number of amides is 2. The molecule has 4 nitrogen and oxygen atoms in total. The second kappa shape index (κ2) is 5.39. The second-order valence-electron chi connectivity index (χ2n) is 2.67. The summed E-state index contributed by atoms with van der Waals surface area (Å²) in [5, 5.41) is 8.81. The van der Waals surface area contributed by atoms with E-state index < -0.39 is 11.8 Å². The average Bonchev–Trinajstić information content (AvgIpc) is 2.67. The van der Waals surface area contributed by atoms with Crippen LogP contribution >= 0.6 is 11.3 Å². The minimum Gasteiger partial charge on any atom is -0.348 e. The molecule has 0 aliphatic carbocycles. The van der Waals surface area contributed by atoms with Gasteiger partial charge in [-0.2, -0.15) is 11.3 Å². The van der Waals surface area contributed by atoms with Crippen molar-refractivity contribution in [3.8, 4) is 0 Å². The van der Waals surface area contributed by atoms with Crippen LogP contribution in [0.5, 0.6) is 0 Å². The Labute approximate surface area is 86.3 Å². The molecule has 1 aromatic heterocycles. The number of likely N-dealkylation sites (N-methyl/N-ethyl adjacent to an activating group) is 1. The van der Waals surface area contributed by atoms with Crippen LogP contribution in [0.25, 0.3) is 0 Å². The molecule has 0 saturated carbocycles. The Balaban J connectivity index is 2.31. The van der Waals surface area contributed by atoms with E-state index in [1.54, 1.807) is 18.3 Å². The van der Waals surface area contributed by atoms with Crippen LogP contribution in [0.15, 0.2) is 16.8 Å². The fourth-order valence-electron chi connectivity index (χ4n) is 0.897. The largest absolute Gasteiger partial charge is 0.348 e. The maximum absolute atomic E-state index is 11.1. The van der Waals surface area contributed by atoms with Gasteiger partial charge >= 0.3 is 11.8 Å². The maximum atomic E-state index is 11.1. The fraction of sp³-hybridized carbons (Fsp3) is 0.333. The molecule has 1 heterocycles. The van der Waals surface area contributed by atoms with Crippen LogP contribution in [0, 0.1) is 0 Å². The van der Waals surface area contributed by atoms with Crippen molar-refractivity contribution in [2.45, 2.75) is 13.5 Å². The molecule has 0 aromatic carbocycles. The summed E-state index contributed by atoms with van der Waals surface area (Å²) < 4.78 is 0. The lowest BCUT2D eigenvalue weighted by Gasteiger charge is -2.02. The summed E-state index contributed by atoms with van der Waals surface area (Å²) >= 11 is 1.56. The van der Waals surface area contributed by atoms with Gasteiger partial charge in [-0.25, -0.2) is 0 Å². The van der Waals surface area contributed by atoms with Gasteiger partial charge in [-0.05, 0) is 29.3 Å². The first-order valence-electron chi connectivity index (χ1n) is 4.31. The van der Waals surface area contributed by atoms with Crippen molar-refractivity contribution in [3.05, 3.63) is 22.4 Å². The molecule has 1 aromatic rings. The van der Waals surface area contributed by atoms with Crippen LogP contribution in [-0.4, -0.2) is 18.4 Å². The van der Waals surface area contributed by atoms with Gasteiger partial charge < -0.3 is 10.6 Å². The van der Waals surface area contributed by atoms with Gasteiger partial charge in [-0.15, -0.1) is 0 Å². The van der Waals surface area contributed by atoms with E-state index in [1.807, 2.05) is 16.8 Å². The highest BCUT2D eigenvalue weighted by Crippen LogP contribution is 2.04. The minimum atomic E-state index is -0.585. The van der Waals surface area contributed by atoms with Crippen molar-refractivity contribution >= 4 is 23.2 Å². The third-order valence-corrected chi connectivity index (χ3v) is 2.31. The van der Waals surface area contributed by atoms with Gasteiger partial charge in [-0.3, -0.25) is 9.59 Å². The third kappa shape index (κ3) is 3.18. The third-order valence-electron chi connectivity index (χ3n) is 1.58. The number of rotatable bonds is 3. The predicted molar refractivity (Wildman–Crippen MR) is 54.8 cm³/mol. The van der Waals surface area contributed by atoms with E-state index in [9.17, 15) is 9.59 Å². The Morgan fingerprint density at radius 1 is 1.36 bits per heavy atom. The Morgan fingerprint density at radius 3 is 2.64 bits per heavy atom. The Kier molecular flexibility index (Phi) is 4.12. The SMILES string of the molecule is CCNC(=O)C(=O)NCc1ccsc1. The van der Waals surface area contributed by atoms with E-state index in [2.05, 4.69) is 10.6 Å². The van der Waals surface area contributed by atoms with E-state index in [0.717, 1.165) is 5.56 Å². The smallest absolute Gasteiger partial charge is 0.309 e. The Bertz CT molecular complexity index is 309. The number of nitrogens with one attached hydrogen (secondary N) is 2. The summed E-state index contributed by atoms with van der Waals surface area (Å²) in [6.07, 6.45) is 0. The van der Waals surface area contributed by atoms with Crippen LogP contribution in [0.3, 0.4) is 0 Å². The first-order chi connectivity index (χ1) is 6.74.